The second-order valence-electron chi connectivity index (χ2n) is 12.7. The molecule has 0 aliphatic rings. The summed E-state index contributed by atoms with van der Waals surface area (Å²) in [6, 6.07) is 0. The summed E-state index contributed by atoms with van der Waals surface area (Å²) in [5, 5.41) is 0. The van der Waals surface area contributed by atoms with E-state index in [4.69, 9.17) is 14.0 Å². The fraction of sp³-hybridized carbons (Fsp3) is 0.707. The first kappa shape index (κ1) is 47.8. The molecule has 0 heterocycles. The van der Waals surface area contributed by atoms with E-state index in [9.17, 15) is 19.0 Å². The van der Waals surface area contributed by atoms with Gasteiger partial charge in [0.25, 0.3) is 0 Å². The van der Waals surface area contributed by atoms with Crippen molar-refractivity contribution in [3.8, 4) is 0 Å². The van der Waals surface area contributed by atoms with Crippen LogP contribution in [-0.2, 0) is 32.7 Å². The third-order valence-electron chi connectivity index (χ3n) is 8.03. The lowest BCUT2D eigenvalue weighted by molar-refractivity contribution is -0.161. The zero-order chi connectivity index (χ0) is 36.8. The van der Waals surface area contributed by atoms with Crippen molar-refractivity contribution < 1.29 is 37.6 Å². The Bertz CT molecular complexity index is 1000. The Balaban J connectivity index is 4.13. The Morgan fingerprint density at radius 1 is 0.580 bits per heavy atom. The summed E-state index contributed by atoms with van der Waals surface area (Å²) in [6.07, 6.45) is 44.1. The predicted molar refractivity (Wildman–Crippen MR) is 207 cm³/mol. The highest BCUT2D eigenvalue weighted by atomic mass is 31.2. The summed E-state index contributed by atoms with van der Waals surface area (Å²) >= 11 is 0. The van der Waals surface area contributed by atoms with Gasteiger partial charge in [0.1, 0.15) is 6.61 Å². The second kappa shape index (κ2) is 36.5. The molecule has 50 heavy (non-hydrogen) atoms. The van der Waals surface area contributed by atoms with Crippen LogP contribution >= 0.6 is 7.82 Å². The molecule has 0 spiro atoms. The van der Waals surface area contributed by atoms with Crippen molar-refractivity contribution in [1.29, 1.82) is 0 Å². The van der Waals surface area contributed by atoms with Gasteiger partial charge in [-0.3, -0.25) is 18.6 Å². The SMILES string of the molecule is CC/C=C\C/C=C\C/C=C\C/C=C\C/C=C\CCCCCC(=O)OC(COC(=O)CCCCCCCCCCCCCC)COP(=O)(O)OC. The van der Waals surface area contributed by atoms with Crippen molar-refractivity contribution in [2.24, 2.45) is 0 Å². The minimum absolute atomic E-state index is 0.204. The van der Waals surface area contributed by atoms with Crippen molar-refractivity contribution in [2.45, 2.75) is 168 Å². The van der Waals surface area contributed by atoms with Gasteiger partial charge in [-0.25, -0.2) is 4.57 Å². The van der Waals surface area contributed by atoms with Gasteiger partial charge in [-0.05, 0) is 57.8 Å². The average Bonchev–Trinajstić information content (AvgIpc) is 3.10. The molecule has 0 saturated carbocycles. The zero-order valence-electron chi connectivity index (χ0n) is 31.8. The third kappa shape index (κ3) is 35.6. The summed E-state index contributed by atoms with van der Waals surface area (Å²) in [7, 11) is -3.22. The lowest BCUT2D eigenvalue weighted by Crippen LogP contribution is -2.29. The molecule has 0 saturated heterocycles. The van der Waals surface area contributed by atoms with E-state index in [0.29, 0.717) is 6.42 Å². The summed E-state index contributed by atoms with van der Waals surface area (Å²) in [4.78, 5) is 34.3. The molecule has 0 aliphatic carbocycles. The van der Waals surface area contributed by atoms with E-state index in [-0.39, 0.29) is 25.4 Å². The topological polar surface area (TPSA) is 108 Å². The lowest BCUT2D eigenvalue weighted by atomic mass is 10.0. The minimum Gasteiger partial charge on any atom is -0.462 e. The number of esters is 2. The number of hydrogen-bond donors (Lipinski definition) is 1. The third-order valence-corrected chi connectivity index (χ3v) is 8.96. The summed E-state index contributed by atoms with van der Waals surface area (Å²) in [5.41, 5.74) is 0. The zero-order valence-corrected chi connectivity index (χ0v) is 32.7. The van der Waals surface area contributed by atoms with Crippen LogP contribution < -0.4 is 0 Å². The predicted octanol–water partition coefficient (Wildman–Crippen LogP) is 12.0. The second-order valence-corrected chi connectivity index (χ2v) is 14.2. The quantitative estimate of drug-likeness (QED) is 0.0298. The number of carbonyl (C=O) groups excluding carboxylic acids is 2. The molecule has 0 radical (unpaired) electrons. The number of allylic oxidation sites excluding steroid dienone is 10. The number of hydrogen-bond acceptors (Lipinski definition) is 7. The molecular formula is C41H71O8P. The van der Waals surface area contributed by atoms with Gasteiger partial charge in [0.05, 0.1) is 6.61 Å². The van der Waals surface area contributed by atoms with E-state index in [1.807, 2.05) is 0 Å². The Hall–Kier alpha value is -2.25. The Kier molecular flexibility index (Phi) is 34.9. The van der Waals surface area contributed by atoms with E-state index < -0.39 is 26.5 Å². The molecule has 0 fully saturated rings. The first-order valence-electron chi connectivity index (χ1n) is 19.5. The smallest absolute Gasteiger partial charge is 0.462 e. The first-order valence-corrected chi connectivity index (χ1v) is 21.0. The Morgan fingerprint density at radius 3 is 1.52 bits per heavy atom. The van der Waals surface area contributed by atoms with Gasteiger partial charge in [-0.15, -0.1) is 0 Å². The molecule has 0 aromatic rings. The molecule has 0 aromatic heterocycles. The van der Waals surface area contributed by atoms with Gasteiger partial charge in [-0.1, -0.05) is 152 Å². The highest BCUT2D eigenvalue weighted by molar-refractivity contribution is 7.47. The van der Waals surface area contributed by atoms with E-state index >= 15 is 0 Å². The van der Waals surface area contributed by atoms with Gasteiger partial charge >= 0.3 is 19.8 Å². The molecule has 2 atom stereocenters. The first-order chi connectivity index (χ1) is 24.3. The standard InChI is InChI=1S/C41H71O8P/c1-4-6-8-10-12-14-16-18-19-20-21-22-23-24-26-28-30-32-34-36-41(43)49-39(38-48-50(44,45)46-3)37-47-40(42)35-33-31-29-27-25-17-15-13-11-9-7-5-2/h6,8,12,14,18-19,21-22,24,26,39H,4-5,7,9-11,13,15-17,20,23,25,27-38H2,1-3H3,(H,44,45)/b8-6-,14-12-,19-18-,22-21-,26-24-. The fourth-order valence-electron chi connectivity index (χ4n) is 5.04. The molecule has 0 aliphatic heterocycles. The number of phosphoric acid groups is 1. The number of unbranched alkanes of at least 4 members (excludes halogenated alkanes) is 14. The molecule has 0 amide bonds. The average molecular weight is 723 g/mol. The van der Waals surface area contributed by atoms with Crippen molar-refractivity contribution in [2.75, 3.05) is 20.3 Å². The molecule has 1 N–H and O–H groups in total. The molecule has 8 nitrogen and oxygen atoms in total. The van der Waals surface area contributed by atoms with Crippen LogP contribution in [0.15, 0.2) is 60.8 Å². The van der Waals surface area contributed by atoms with Crippen LogP contribution in [0.3, 0.4) is 0 Å². The van der Waals surface area contributed by atoms with Gasteiger partial charge in [0, 0.05) is 20.0 Å². The molecule has 0 bridgehead atoms. The summed E-state index contributed by atoms with van der Waals surface area (Å²) in [5.74, 6) is -0.845. The normalized spacial score (nSPS) is 14.1. The van der Waals surface area contributed by atoms with Gasteiger partial charge in [-0.2, -0.15) is 0 Å². The van der Waals surface area contributed by atoms with Crippen molar-refractivity contribution in [3.05, 3.63) is 60.8 Å². The number of ether oxygens (including phenoxy) is 2. The van der Waals surface area contributed by atoms with Crippen LogP contribution in [-0.4, -0.2) is 43.3 Å². The largest absolute Gasteiger partial charge is 0.472 e. The number of carbonyl (C=O) groups is 2. The Morgan fingerprint density at radius 2 is 1.02 bits per heavy atom. The maximum Gasteiger partial charge on any atom is 0.472 e. The van der Waals surface area contributed by atoms with Crippen LogP contribution in [0.1, 0.15) is 162 Å². The number of rotatable bonds is 35. The van der Waals surface area contributed by atoms with Crippen LogP contribution in [0.4, 0.5) is 0 Å². The van der Waals surface area contributed by atoms with Gasteiger partial charge in [0.15, 0.2) is 6.10 Å². The highest BCUT2D eigenvalue weighted by Crippen LogP contribution is 2.42. The van der Waals surface area contributed by atoms with Crippen LogP contribution in [0.2, 0.25) is 0 Å². The number of phosphoric ester groups is 1. The van der Waals surface area contributed by atoms with Crippen LogP contribution in [0.25, 0.3) is 0 Å². The lowest BCUT2D eigenvalue weighted by Gasteiger charge is -2.19. The fourth-order valence-corrected chi connectivity index (χ4v) is 5.50. The van der Waals surface area contributed by atoms with Crippen molar-refractivity contribution in [1.82, 2.24) is 0 Å². The molecule has 0 aromatic carbocycles. The molecular weight excluding hydrogens is 651 g/mol. The van der Waals surface area contributed by atoms with E-state index in [2.05, 4.69) is 79.1 Å². The minimum atomic E-state index is -4.27. The van der Waals surface area contributed by atoms with Crippen LogP contribution in [0, 0.1) is 0 Å². The monoisotopic (exact) mass is 722 g/mol. The molecule has 288 valence electrons. The Labute approximate surface area is 305 Å². The summed E-state index contributed by atoms with van der Waals surface area (Å²) in [6.45, 7) is 3.73. The molecule has 0 rings (SSSR count). The van der Waals surface area contributed by atoms with E-state index in [1.54, 1.807) is 0 Å². The molecule has 2 unspecified atom stereocenters. The summed E-state index contributed by atoms with van der Waals surface area (Å²) < 4.78 is 31.9. The van der Waals surface area contributed by atoms with Gasteiger partial charge in [0.2, 0.25) is 0 Å². The van der Waals surface area contributed by atoms with Crippen molar-refractivity contribution >= 4 is 19.8 Å². The van der Waals surface area contributed by atoms with E-state index in [1.165, 1.54) is 57.8 Å². The molecule has 9 heteroatoms. The van der Waals surface area contributed by atoms with Crippen LogP contribution in [0.5, 0.6) is 0 Å². The van der Waals surface area contributed by atoms with Crippen molar-refractivity contribution in [3.63, 3.8) is 0 Å². The van der Waals surface area contributed by atoms with E-state index in [0.717, 1.165) is 77.7 Å². The maximum absolute atomic E-state index is 12.5. The highest BCUT2D eigenvalue weighted by Gasteiger charge is 2.24. The van der Waals surface area contributed by atoms with Gasteiger partial charge < -0.3 is 14.4 Å². The maximum atomic E-state index is 12.5.